The van der Waals surface area contributed by atoms with Gasteiger partial charge in [-0.05, 0) is 0 Å². The third-order valence-electron chi connectivity index (χ3n) is 4.30. The summed E-state index contributed by atoms with van der Waals surface area (Å²) in [5.41, 5.74) is 1.40. The second-order valence-corrected chi connectivity index (χ2v) is 8.33. The molecule has 1 N–H and O–H groups in total. The van der Waals surface area contributed by atoms with Crippen molar-refractivity contribution in [2.24, 2.45) is 5.92 Å². The first-order valence-corrected chi connectivity index (χ1v) is 9.64. The van der Waals surface area contributed by atoms with Crippen LogP contribution in [0.3, 0.4) is 0 Å². The van der Waals surface area contributed by atoms with Crippen LogP contribution in [-0.2, 0) is 0 Å². The minimum absolute atomic E-state index is 0.130. The first-order valence-electron chi connectivity index (χ1n) is 7.79. The minimum atomic E-state index is -0.130. The molecule has 0 amide bonds. The van der Waals surface area contributed by atoms with Crippen LogP contribution in [-0.4, -0.2) is 26.2 Å². The van der Waals surface area contributed by atoms with Crippen molar-refractivity contribution < 1.29 is 5.11 Å². The maximum absolute atomic E-state index is 10.5. The third-order valence-corrected chi connectivity index (χ3v) is 7.28. The van der Waals surface area contributed by atoms with E-state index in [4.69, 9.17) is 0 Å². The average molecular weight is 345 g/mol. The number of aliphatic hydroxyl groups is 1. The van der Waals surface area contributed by atoms with Gasteiger partial charge in [0.05, 0.1) is 0 Å². The van der Waals surface area contributed by atoms with E-state index in [1.54, 1.807) is 0 Å². The Hall–Kier alpha value is -1.08. The van der Waals surface area contributed by atoms with Crippen molar-refractivity contribution in [3.8, 4) is 0 Å². The third kappa shape index (κ3) is 3.77. The fourth-order valence-electron chi connectivity index (χ4n) is 3.18. The molecular formula is C19H22OSe. The molecule has 0 radical (unpaired) electrons. The summed E-state index contributed by atoms with van der Waals surface area (Å²) in [7, 11) is 0. The van der Waals surface area contributed by atoms with Gasteiger partial charge < -0.3 is 0 Å². The Morgan fingerprint density at radius 2 is 1.48 bits per heavy atom. The second kappa shape index (κ2) is 7.26. The normalized spacial score (nSPS) is 23.7. The summed E-state index contributed by atoms with van der Waals surface area (Å²) in [5.74, 6) is 0.418. The summed E-state index contributed by atoms with van der Waals surface area (Å²) in [6, 6.07) is 21.6. The van der Waals surface area contributed by atoms with Crippen LogP contribution in [0.1, 0.15) is 36.1 Å². The molecule has 0 aliphatic heterocycles. The quantitative estimate of drug-likeness (QED) is 0.843. The summed E-state index contributed by atoms with van der Waals surface area (Å²) >= 11 is 0.367. The Labute approximate surface area is 133 Å². The number of rotatable bonds is 4. The molecule has 2 heteroatoms. The van der Waals surface area contributed by atoms with Crippen molar-refractivity contribution in [1.29, 1.82) is 0 Å². The van der Waals surface area contributed by atoms with Gasteiger partial charge in [-0.25, -0.2) is 0 Å². The first kappa shape index (κ1) is 14.8. The Bertz CT molecular complexity index is 540. The van der Waals surface area contributed by atoms with Gasteiger partial charge in [-0.15, -0.1) is 0 Å². The van der Waals surface area contributed by atoms with E-state index in [2.05, 4.69) is 60.7 Å². The van der Waals surface area contributed by atoms with Crippen molar-refractivity contribution >= 4 is 19.4 Å². The van der Waals surface area contributed by atoms with E-state index in [0.29, 0.717) is 25.7 Å². The molecule has 2 aromatic rings. The fraction of sp³-hybridized carbons (Fsp3) is 0.368. The van der Waals surface area contributed by atoms with Crippen LogP contribution in [0, 0.1) is 5.92 Å². The molecule has 3 rings (SSSR count). The molecule has 2 unspecified atom stereocenters. The topological polar surface area (TPSA) is 20.2 Å². The Morgan fingerprint density at radius 1 is 0.857 bits per heavy atom. The van der Waals surface area contributed by atoms with E-state index in [-0.39, 0.29) is 6.10 Å². The summed E-state index contributed by atoms with van der Waals surface area (Å²) in [5, 5.41) is 10.5. The Balaban J connectivity index is 1.87. The van der Waals surface area contributed by atoms with Crippen LogP contribution in [0.2, 0.25) is 0 Å². The van der Waals surface area contributed by atoms with Crippen LogP contribution < -0.4 is 4.46 Å². The summed E-state index contributed by atoms with van der Waals surface area (Å²) in [6.07, 6.45) is 4.44. The zero-order chi connectivity index (χ0) is 14.5. The SMILES string of the molecule is OC1CCCCC1[C@H]([Se]c1ccccc1)c1ccccc1. The molecule has 2 aromatic carbocycles. The van der Waals surface area contributed by atoms with Crippen molar-refractivity contribution in [3.63, 3.8) is 0 Å². The predicted octanol–water partition coefficient (Wildman–Crippen LogP) is 3.31. The van der Waals surface area contributed by atoms with Gasteiger partial charge in [0.25, 0.3) is 0 Å². The van der Waals surface area contributed by atoms with Gasteiger partial charge in [-0.1, -0.05) is 0 Å². The Morgan fingerprint density at radius 3 is 2.14 bits per heavy atom. The molecule has 1 aliphatic carbocycles. The van der Waals surface area contributed by atoms with Crippen molar-refractivity contribution in [3.05, 3.63) is 66.2 Å². The standard InChI is InChI=1S/C19H22OSe/c20-18-14-8-7-13-17(18)19(15-9-3-1-4-10-15)21-16-11-5-2-6-12-16/h1-6,9-12,17-20H,7-8,13-14H2/t17?,18?,19-/m1/s1. The molecule has 1 fully saturated rings. The second-order valence-electron chi connectivity index (χ2n) is 5.78. The Kier molecular flexibility index (Phi) is 5.13. The molecular weight excluding hydrogens is 323 g/mol. The van der Waals surface area contributed by atoms with E-state index in [0.717, 1.165) is 12.8 Å². The van der Waals surface area contributed by atoms with Gasteiger partial charge in [0.1, 0.15) is 0 Å². The van der Waals surface area contributed by atoms with Crippen LogP contribution in [0.25, 0.3) is 0 Å². The predicted molar refractivity (Wildman–Crippen MR) is 89.0 cm³/mol. The molecule has 0 aromatic heterocycles. The van der Waals surface area contributed by atoms with E-state index >= 15 is 0 Å². The zero-order valence-electron chi connectivity index (χ0n) is 12.2. The van der Waals surface area contributed by atoms with Crippen LogP contribution in [0.4, 0.5) is 0 Å². The molecule has 21 heavy (non-hydrogen) atoms. The zero-order valence-corrected chi connectivity index (χ0v) is 13.9. The molecule has 0 bridgehead atoms. The first-order chi connectivity index (χ1) is 10.3. The van der Waals surface area contributed by atoms with Crippen molar-refractivity contribution in [2.45, 2.75) is 36.6 Å². The summed E-state index contributed by atoms with van der Waals surface area (Å²) in [4.78, 5) is 0.483. The maximum atomic E-state index is 10.5. The number of aliphatic hydroxyl groups excluding tert-OH is 1. The van der Waals surface area contributed by atoms with Gasteiger partial charge >= 0.3 is 133 Å². The monoisotopic (exact) mass is 346 g/mol. The summed E-state index contributed by atoms with van der Waals surface area (Å²) in [6.45, 7) is 0. The van der Waals surface area contributed by atoms with Crippen molar-refractivity contribution in [2.75, 3.05) is 0 Å². The van der Waals surface area contributed by atoms with Gasteiger partial charge in [0, 0.05) is 0 Å². The molecule has 1 aliphatic rings. The molecule has 0 saturated heterocycles. The van der Waals surface area contributed by atoms with Crippen LogP contribution >= 0.6 is 0 Å². The number of hydrogen-bond donors (Lipinski definition) is 1. The van der Waals surface area contributed by atoms with Gasteiger partial charge in [-0.3, -0.25) is 0 Å². The summed E-state index contributed by atoms with van der Waals surface area (Å²) < 4.78 is 1.43. The molecule has 0 spiro atoms. The molecule has 0 heterocycles. The van der Waals surface area contributed by atoms with Gasteiger partial charge in [0.2, 0.25) is 0 Å². The average Bonchev–Trinajstić information content (AvgIpc) is 2.55. The van der Waals surface area contributed by atoms with E-state index in [9.17, 15) is 5.11 Å². The molecule has 110 valence electrons. The van der Waals surface area contributed by atoms with Crippen molar-refractivity contribution in [1.82, 2.24) is 0 Å². The van der Waals surface area contributed by atoms with E-state index < -0.39 is 0 Å². The van der Waals surface area contributed by atoms with Gasteiger partial charge in [0.15, 0.2) is 0 Å². The molecule has 1 nitrogen and oxygen atoms in total. The van der Waals surface area contributed by atoms with E-state index in [1.165, 1.54) is 22.9 Å². The number of benzene rings is 2. The van der Waals surface area contributed by atoms with E-state index in [1.807, 2.05) is 0 Å². The van der Waals surface area contributed by atoms with Gasteiger partial charge in [-0.2, -0.15) is 0 Å². The fourth-order valence-corrected chi connectivity index (χ4v) is 6.11. The van der Waals surface area contributed by atoms with Crippen LogP contribution in [0.15, 0.2) is 60.7 Å². The molecule has 1 saturated carbocycles. The molecule has 3 atom stereocenters. The van der Waals surface area contributed by atoms with Crippen LogP contribution in [0.5, 0.6) is 0 Å². The number of hydrogen-bond acceptors (Lipinski definition) is 1.